The third kappa shape index (κ3) is 5.69. The number of halogens is 1. The van der Waals surface area contributed by atoms with Crippen LogP contribution in [0.15, 0.2) is 47.6 Å². The Balaban J connectivity index is 2.00. The van der Waals surface area contributed by atoms with Crippen molar-refractivity contribution in [2.24, 2.45) is 5.16 Å². The second-order valence-corrected chi connectivity index (χ2v) is 7.46. The molecule has 172 valence electrons. The predicted octanol–water partition coefficient (Wildman–Crippen LogP) is 5.50. The lowest BCUT2D eigenvalue weighted by molar-refractivity contribution is 0.158. The average molecular weight is 451 g/mol. The van der Waals surface area contributed by atoms with Crippen molar-refractivity contribution in [1.82, 2.24) is 4.90 Å². The van der Waals surface area contributed by atoms with E-state index in [1.165, 1.54) is 14.2 Å². The number of hydrogen-bond acceptors (Lipinski definition) is 5. The van der Waals surface area contributed by atoms with Crippen LogP contribution in [0.5, 0.6) is 5.75 Å². The summed E-state index contributed by atoms with van der Waals surface area (Å²) in [5.41, 5.74) is 3.87. The van der Waals surface area contributed by atoms with Crippen LogP contribution in [0.25, 0.3) is 10.4 Å². The summed E-state index contributed by atoms with van der Waals surface area (Å²) in [6.45, 7) is 10.8. The normalized spacial score (nSPS) is 14.2. The van der Waals surface area contributed by atoms with Crippen molar-refractivity contribution >= 4 is 23.3 Å². The highest BCUT2D eigenvalue weighted by molar-refractivity contribution is 5.98. The van der Waals surface area contributed by atoms with Crippen LogP contribution in [-0.4, -0.2) is 50.9 Å². The minimum atomic E-state index is -0.791. The number of rotatable bonds is 9. The lowest BCUT2D eigenvalue weighted by atomic mass is 9.92. The van der Waals surface area contributed by atoms with Gasteiger partial charge >= 0.3 is 6.09 Å². The number of allylic oxidation sites excluding steroid dienone is 1. The van der Waals surface area contributed by atoms with Crippen LogP contribution in [-0.2, 0) is 9.57 Å². The molecule has 0 N–H and O–H groups in total. The maximum Gasteiger partial charge on any atom is 0.409 e. The quantitative estimate of drug-likeness (QED) is 0.219. The van der Waals surface area contributed by atoms with Gasteiger partial charge in [-0.2, -0.15) is 4.39 Å². The minimum absolute atomic E-state index is 0.182. The van der Waals surface area contributed by atoms with E-state index in [9.17, 15) is 9.18 Å². The van der Waals surface area contributed by atoms with Gasteiger partial charge in [-0.3, -0.25) is 0 Å². The summed E-state index contributed by atoms with van der Waals surface area (Å²) in [6, 6.07) is 10.9. The van der Waals surface area contributed by atoms with Crippen LogP contribution in [0.1, 0.15) is 35.1 Å². The molecular weight excluding hydrogens is 425 g/mol. The van der Waals surface area contributed by atoms with Crippen molar-refractivity contribution in [1.29, 1.82) is 0 Å². The molecule has 2 aromatic carbocycles. The SMILES string of the molecule is [C-]#[N+]c1cccc(/C(=C/CCCN2CCOC2=O)c2cc(C)c(OC)c(/C(F)=N/OC)c2)c1. The number of aryl methyl sites for hydroxylation is 1. The number of nitrogens with zero attached hydrogens (tertiary/aromatic N) is 3. The lowest BCUT2D eigenvalue weighted by Crippen LogP contribution is -2.25. The zero-order valence-electron chi connectivity index (χ0n) is 18.9. The highest BCUT2D eigenvalue weighted by atomic mass is 19.1. The average Bonchev–Trinajstić information content (AvgIpc) is 3.23. The predicted molar refractivity (Wildman–Crippen MR) is 124 cm³/mol. The largest absolute Gasteiger partial charge is 0.496 e. The number of oxime groups is 1. The Morgan fingerprint density at radius 1 is 1.30 bits per heavy atom. The number of methoxy groups -OCH3 is 1. The number of amides is 1. The summed E-state index contributed by atoms with van der Waals surface area (Å²) >= 11 is 0. The Morgan fingerprint density at radius 2 is 2.12 bits per heavy atom. The summed E-state index contributed by atoms with van der Waals surface area (Å²) < 4.78 is 25.1. The van der Waals surface area contributed by atoms with Gasteiger partial charge in [-0.05, 0) is 60.2 Å². The molecule has 7 nitrogen and oxygen atoms in total. The topological polar surface area (TPSA) is 64.7 Å². The Hall–Kier alpha value is -3.86. The van der Waals surface area contributed by atoms with E-state index in [4.69, 9.17) is 16.0 Å². The zero-order chi connectivity index (χ0) is 23.8. The Kier molecular flexibility index (Phi) is 8.03. The first-order chi connectivity index (χ1) is 16.0. The van der Waals surface area contributed by atoms with E-state index in [0.717, 1.165) is 28.7 Å². The summed E-state index contributed by atoms with van der Waals surface area (Å²) in [4.78, 5) is 21.5. The number of carbonyl (C=O) groups excluding carboxylic acids is 1. The number of carbonyl (C=O) groups is 1. The number of benzene rings is 2. The molecule has 0 unspecified atom stereocenters. The van der Waals surface area contributed by atoms with Gasteiger partial charge in [0.1, 0.15) is 19.5 Å². The highest BCUT2D eigenvalue weighted by Crippen LogP contribution is 2.33. The molecular formula is C25H26FN3O4. The molecule has 1 heterocycles. The first-order valence-corrected chi connectivity index (χ1v) is 10.5. The molecule has 8 heteroatoms. The van der Waals surface area contributed by atoms with Crippen LogP contribution < -0.4 is 4.74 Å². The van der Waals surface area contributed by atoms with Crippen molar-refractivity contribution in [3.63, 3.8) is 0 Å². The van der Waals surface area contributed by atoms with Gasteiger partial charge in [0, 0.05) is 6.54 Å². The standard InChI is InChI=1S/C25H26FN3O4/c1-17-14-19(16-22(23(17)31-3)24(26)28-32-4)21(18-8-7-9-20(15-18)27-2)10-5-6-11-29-12-13-33-25(29)30/h7-10,14-16H,5-6,11-13H2,1,3-4H3/b21-10-,28-24-. The van der Waals surface area contributed by atoms with Gasteiger partial charge in [-0.15, -0.1) is 0 Å². The maximum atomic E-state index is 14.7. The van der Waals surface area contributed by atoms with Crippen molar-refractivity contribution in [3.8, 4) is 5.75 Å². The summed E-state index contributed by atoms with van der Waals surface area (Å²) in [6.07, 6.45) is 3.17. The van der Waals surface area contributed by atoms with E-state index in [2.05, 4.69) is 14.8 Å². The van der Waals surface area contributed by atoms with Gasteiger partial charge in [0.2, 0.25) is 0 Å². The van der Waals surface area contributed by atoms with E-state index in [0.29, 0.717) is 37.6 Å². The van der Waals surface area contributed by atoms with Gasteiger partial charge in [0.15, 0.2) is 5.69 Å². The Labute approximate surface area is 192 Å². The van der Waals surface area contributed by atoms with Gasteiger partial charge < -0.3 is 19.2 Å². The van der Waals surface area contributed by atoms with E-state index in [1.807, 2.05) is 31.2 Å². The molecule has 1 aliphatic heterocycles. The lowest BCUT2D eigenvalue weighted by Gasteiger charge is -2.16. The molecule has 1 fully saturated rings. The first-order valence-electron chi connectivity index (χ1n) is 10.5. The van der Waals surface area contributed by atoms with Crippen LogP contribution in [0, 0.1) is 13.5 Å². The van der Waals surface area contributed by atoms with Gasteiger partial charge in [-0.1, -0.05) is 29.4 Å². The molecule has 0 radical (unpaired) electrons. The van der Waals surface area contributed by atoms with Crippen molar-refractivity contribution < 1.29 is 23.5 Å². The van der Waals surface area contributed by atoms with Gasteiger partial charge in [0.25, 0.3) is 5.97 Å². The van der Waals surface area contributed by atoms with Crippen LogP contribution in [0.4, 0.5) is 14.9 Å². The summed E-state index contributed by atoms with van der Waals surface area (Å²) in [7, 11) is 2.75. The summed E-state index contributed by atoms with van der Waals surface area (Å²) in [5, 5.41) is 3.43. The fourth-order valence-corrected chi connectivity index (χ4v) is 3.79. The molecule has 0 saturated carbocycles. The van der Waals surface area contributed by atoms with E-state index in [1.54, 1.807) is 23.1 Å². The first kappa shape index (κ1) is 23.8. The number of ether oxygens (including phenoxy) is 2. The van der Waals surface area contributed by atoms with Crippen molar-refractivity contribution in [2.75, 3.05) is 33.9 Å². The molecule has 0 aliphatic carbocycles. The molecule has 1 aliphatic rings. The van der Waals surface area contributed by atoms with Crippen LogP contribution >= 0.6 is 0 Å². The van der Waals surface area contributed by atoms with Gasteiger partial charge in [-0.25, -0.2) is 9.64 Å². The summed E-state index contributed by atoms with van der Waals surface area (Å²) in [5.74, 6) is -0.417. The number of cyclic esters (lactones) is 1. The molecule has 2 aromatic rings. The molecule has 0 spiro atoms. The zero-order valence-corrected chi connectivity index (χ0v) is 18.9. The Morgan fingerprint density at radius 3 is 2.79 bits per heavy atom. The number of hydrogen-bond donors (Lipinski definition) is 0. The molecule has 1 saturated heterocycles. The van der Waals surface area contributed by atoms with E-state index in [-0.39, 0.29) is 11.7 Å². The fourth-order valence-electron chi connectivity index (χ4n) is 3.79. The smallest absolute Gasteiger partial charge is 0.409 e. The third-order valence-corrected chi connectivity index (χ3v) is 5.30. The van der Waals surface area contributed by atoms with Crippen molar-refractivity contribution in [2.45, 2.75) is 19.8 Å². The van der Waals surface area contributed by atoms with Gasteiger partial charge in [0.05, 0.1) is 25.8 Å². The van der Waals surface area contributed by atoms with Crippen LogP contribution in [0.2, 0.25) is 0 Å². The number of unbranched alkanes of at least 4 members (excludes halogenated alkanes) is 1. The molecule has 0 atom stereocenters. The van der Waals surface area contributed by atoms with E-state index < -0.39 is 5.97 Å². The molecule has 0 bridgehead atoms. The van der Waals surface area contributed by atoms with Crippen LogP contribution in [0.3, 0.4) is 0 Å². The fraction of sp³-hybridized carbons (Fsp3) is 0.320. The minimum Gasteiger partial charge on any atom is -0.496 e. The molecule has 3 rings (SSSR count). The van der Waals surface area contributed by atoms with E-state index >= 15 is 0 Å². The van der Waals surface area contributed by atoms with Crippen molar-refractivity contribution in [3.05, 3.63) is 76.1 Å². The molecule has 33 heavy (non-hydrogen) atoms. The molecule has 0 aromatic heterocycles. The Bertz CT molecular complexity index is 1120. The second kappa shape index (κ2) is 11.1. The monoisotopic (exact) mass is 451 g/mol. The second-order valence-electron chi connectivity index (χ2n) is 7.46. The highest BCUT2D eigenvalue weighted by Gasteiger charge is 2.21. The maximum absolute atomic E-state index is 14.7. The third-order valence-electron chi connectivity index (χ3n) is 5.30. The molecule has 1 amide bonds.